The van der Waals surface area contributed by atoms with E-state index in [0.29, 0.717) is 5.75 Å². The highest BCUT2D eigenvalue weighted by atomic mass is 32.2. The molecule has 0 aliphatic rings. The van der Waals surface area contributed by atoms with E-state index in [1.807, 2.05) is 13.0 Å². The average molecular weight is 293 g/mol. The first-order valence-electron chi connectivity index (χ1n) is 7.40. The minimum absolute atomic E-state index is 0.259. The van der Waals surface area contributed by atoms with Crippen LogP contribution >= 0.6 is 11.8 Å². The molecule has 0 aliphatic carbocycles. The second-order valence-electron chi connectivity index (χ2n) is 5.25. The van der Waals surface area contributed by atoms with Gasteiger partial charge in [-0.1, -0.05) is 19.9 Å². The number of Topliss-reactive ketones (excluding diaryl/α,β-unsaturated/α-hetero) is 1. The van der Waals surface area contributed by atoms with E-state index in [-0.39, 0.29) is 5.78 Å². The van der Waals surface area contributed by atoms with Crippen molar-refractivity contribution < 1.29 is 4.79 Å². The predicted octanol–water partition coefficient (Wildman–Crippen LogP) is 3.87. The van der Waals surface area contributed by atoms with Gasteiger partial charge >= 0.3 is 0 Å². The number of ketones is 1. The van der Waals surface area contributed by atoms with Crippen LogP contribution in [0.15, 0.2) is 12.1 Å². The number of nitrogens with zero attached hydrogens (tertiary/aromatic N) is 1. The first-order valence-corrected chi connectivity index (χ1v) is 8.56. The summed E-state index contributed by atoms with van der Waals surface area (Å²) in [6, 6.07) is 4.15. The molecular formula is C17H27NOS. The third kappa shape index (κ3) is 4.95. The second kappa shape index (κ2) is 8.48. The van der Waals surface area contributed by atoms with Crippen LogP contribution < -0.4 is 0 Å². The Balaban J connectivity index is 2.49. The van der Waals surface area contributed by atoms with Crippen LogP contribution in [0.4, 0.5) is 0 Å². The number of carbonyl (C=O) groups excluding carboxylic acids is 1. The maximum absolute atomic E-state index is 12.3. The van der Waals surface area contributed by atoms with E-state index in [2.05, 4.69) is 38.7 Å². The molecule has 0 heterocycles. The third-order valence-electron chi connectivity index (χ3n) is 3.82. The molecule has 1 aromatic rings. The Morgan fingerprint density at radius 2 is 1.65 bits per heavy atom. The Hall–Kier alpha value is -0.800. The molecule has 112 valence electrons. The SMILES string of the molecule is CCN(CC)CCSCC(=O)c1cc(C)c(C)cc1C. The molecule has 0 saturated heterocycles. The number of rotatable bonds is 8. The summed E-state index contributed by atoms with van der Waals surface area (Å²) in [5.41, 5.74) is 4.45. The molecule has 0 amide bonds. The topological polar surface area (TPSA) is 20.3 Å². The Bertz CT molecular complexity index is 453. The number of benzene rings is 1. The van der Waals surface area contributed by atoms with E-state index in [0.717, 1.165) is 36.5 Å². The van der Waals surface area contributed by atoms with E-state index in [4.69, 9.17) is 0 Å². The maximum atomic E-state index is 12.3. The monoisotopic (exact) mass is 293 g/mol. The lowest BCUT2D eigenvalue weighted by Crippen LogP contribution is -2.25. The van der Waals surface area contributed by atoms with Crippen molar-refractivity contribution in [3.63, 3.8) is 0 Å². The van der Waals surface area contributed by atoms with E-state index in [1.54, 1.807) is 11.8 Å². The van der Waals surface area contributed by atoms with Crippen molar-refractivity contribution in [1.82, 2.24) is 4.90 Å². The lowest BCUT2D eigenvalue weighted by Gasteiger charge is -2.17. The number of thioether (sulfide) groups is 1. The summed E-state index contributed by atoms with van der Waals surface area (Å²) in [7, 11) is 0. The molecule has 0 saturated carbocycles. The van der Waals surface area contributed by atoms with Gasteiger partial charge in [0.15, 0.2) is 5.78 Å². The van der Waals surface area contributed by atoms with Crippen molar-refractivity contribution >= 4 is 17.5 Å². The van der Waals surface area contributed by atoms with Crippen LogP contribution in [-0.2, 0) is 0 Å². The van der Waals surface area contributed by atoms with Crippen LogP contribution in [0, 0.1) is 20.8 Å². The molecule has 0 aliphatic heterocycles. The molecule has 1 rings (SSSR count). The molecule has 3 heteroatoms. The van der Waals surface area contributed by atoms with Crippen LogP contribution in [0.3, 0.4) is 0 Å². The molecular weight excluding hydrogens is 266 g/mol. The van der Waals surface area contributed by atoms with Crippen LogP contribution in [0.1, 0.15) is 40.9 Å². The fourth-order valence-electron chi connectivity index (χ4n) is 2.24. The third-order valence-corrected chi connectivity index (χ3v) is 4.76. The summed E-state index contributed by atoms with van der Waals surface area (Å²) >= 11 is 1.74. The molecule has 1 aromatic carbocycles. The number of carbonyl (C=O) groups is 1. The van der Waals surface area contributed by atoms with Crippen molar-refractivity contribution in [1.29, 1.82) is 0 Å². The highest BCUT2D eigenvalue weighted by Crippen LogP contribution is 2.17. The van der Waals surface area contributed by atoms with Gasteiger partial charge in [0.05, 0.1) is 5.75 Å². The first kappa shape index (κ1) is 17.3. The summed E-state index contributed by atoms with van der Waals surface area (Å²) in [6.45, 7) is 13.8. The maximum Gasteiger partial charge on any atom is 0.172 e. The van der Waals surface area contributed by atoms with Crippen LogP contribution in [0.2, 0.25) is 0 Å². The predicted molar refractivity (Wildman–Crippen MR) is 90.1 cm³/mol. The highest BCUT2D eigenvalue weighted by Gasteiger charge is 2.11. The molecule has 0 N–H and O–H groups in total. The normalized spacial score (nSPS) is 11.1. The smallest absolute Gasteiger partial charge is 0.172 e. The van der Waals surface area contributed by atoms with Crippen LogP contribution in [-0.4, -0.2) is 41.8 Å². The average Bonchev–Trinajstić information content (AvgIpc) is 2.42. The van der Waals surface area contributed by atoms with Gasteiger partial charge < -0.3 is 4.90 Å². The number of aryl methyl sites for hydroxylation is 3. The lowest BCUT2D eigenvalue weighted by molar-refractivity contribution is 0.102. The van der Waals surface area contributed by atoms with Crippen LogP contribution in [0.5, 0.6) is 0 Å². The van der Waals surface area contributed by atoms with E-state index in [1.165, 1.54) is 11.1 Å². The molecule has 0 fully saturated rings. The molecule has 2 nitrogen and oxygen atoms in total. The van der Waals surface area contributed by atoms with Crippen molar-refractivity contribution in [3.8, 4) is 0 Å². The van der Waals surface area contributed by atoms with Gasteiger partial charge in [0.25, 0.3) is 0 Å². The molecule has 0 spiro atoms. The number of hydrogen-bond acceptors (Lipinski definition) is 3. The van der Waals surface area contributed by atoms with E-state index >= 15 is 0 Å². The number of hydrogen-bond donors (Lipinski definition) is 0. The first-order chi connectivity index (χ1) is 9.49. The quantitative estimate of drug-likeness (QED) is 0.536. The van der Waals surface area contributed by atoms with E-state index < -0.39 is 0 Å². The van der Waals surface area contributed by atoms with Crippen molar-refractivity contribution in [2.24, 2.45) is 0 Å². The van der Waals surface area contributed by atoms with Gasteiger partial charge in [-0.05, 0) is 56.6 Å². The minimum Gasteiger partial charge on any atom is -0.303 e. The summed E-state index contributed by atoms with van der Waals surface area (Å²) in [4.78, 5) is 14.7. The van der Waals surface area contributed by atoms with Gasteiger partial charge in [-0.15, -0.1) is 0 Å². The van der Waals surface area contributed by atoms with Gasteiger partial charge in [-0.2, -0.15) is 11.8 Å². The zero-order chi connectivity index (χ0) is 15.1. The Morgan fingerprint density at radius 1 is 1.05 bits per heavy atom. The van der Waals surface area contributed by atoms with Crippen molar-refractivity contribution in [3.05, 3.63) is 34.4 Å². The zero-order valence-electron chi connectivity index (χ0n) is 13.5. The van der Waals surface area contributed by atoms with Crippen LogP contribution in [0.25, 0.3) is 0 Å². The summed E-state index contributed by atoms with van der Waals surface area (Å²) in [6.07, 6.45) is 0. The highest BCUT2D eigenvalue weighted by molar-refractivity contribution is 8.00. The Kier molecular flexibility index (Phi) is 7.31. The van der Waals surface area contributed by atoms with Crippen molar-refractivity contribution in [2.75, 3.05) is 31.1 Å². The second-order valence-corrected chi connectivity index (χ2v) is 6.36. The Labute approximate surface area is 127 Å². The largest absolute Gasteiger partial charge is 0.303 e. The standard InChI is InChI=1S/C17H27NOS/c1-6-18(7-2)8-9-20-12-17(19)16-11-14(4)13(3)10-15(16)5/h10-11H,6-9,12H2,1-5H3. The summed E-state index contributed by atoms with van der Waals surface area (Å²) in [5.74, 6) is 1.87. The summed E-state index contributed by atoms with van der Waals surface area (Å²) in [5, 5.41) is 0. The lowest BCUT2D eigenvalue weighted by atomic mass is 9.99. The van der Waals surface area contributed by atoms with Crippen molar-refractivity contribution in [2.45, 2.75) is 34.6 Å². The van der Waals surface area contributed by atoms with Gasteiger partial charge in [0, 0.05) is 17.9 Å². The molecule has 0 aromatic heterocycles. The van der Waals surface area contributed by atoms with Gasteiger partial charge in [-0.25, -0.2) is 0 Å². The zero-order valence-corrected chi connectivity index (χ0v) is 14.3. The van der Waals surface area contributed by atoms with Gasteiger partial charge in [0.1, 0.15) is 0 Å². The molecule has 0 radical (unpaired) electrons. The molecule has 0 bridgehead atoms. The fourth-order valence-corrected chi connectivity index (χ4v) is 3.11. The fraction of sp³-hybridized carbons (Fsp3) is 0.588. The summed E-state index contributed by atoms with van der Waals surface area (Å²) < 4.78 is 0. The molecule has 20 heavy (non-hydrogen) atoms. The minimum atomic E-state index is 0.259. The van der Waals surface area contributed by atoms with E-state index in [9.17, 15) is 4.79 Å². The van der Waals surface area contributed by atoms with Gasteiger partial charge in [0.2, 0.25) is 0 Å². The molecule has 0 atom stereocenters. The molecule has 0 unspecified atom stereocenters. The Morgan fingerprint density at radius 3 is 2.25 bits per heavy atom. The van der Waals surface area contributed by atoms with Gasteiger partial charge in [-0.3, -0.25) is 4.79 Å².